The molecule has 1 aromatic carbocycles. The Morgan fingerprint density at radius 3 is 2.77 bits per heavy atom. The smallest absolute Gasteiger partial charge is 0.191 e. The van der Waals surface area contributed by atoms with Gasteiger partial charge < -0.3 is 15.4 Å². The first-order valence-electron chi connectivity index (χ1n) is 7.94. The molecule has 0 aliphatic carbocycles. The van der Waals surface area contributed by atoms with Crippen LogP contribution in [0.5, 0.6) is 5.75 Å². The second-order valence-corrected chi connectivity index (χ2v) is 5.93. The van der Waals surface area contributed by atoms with Crippen LogP contribution in [-0.4, -0.2) is 44.7 Å². The molecule has 1 aromatic rings. The second-order valence-electron chi connectivity index (χ2n) is 4.95. The number of unbranched alkanes of at least 4 members (excludes halogenated alkanes) is 1. The molecule has 0 radical (unpaired) electrons. The van der Waals surface area contributed by atoms with Gasteiger partial charge in [0.2, 0.25) is 0 Å². The van der Waals surface area contributed by atoms with E-state index in [-0.39, 0.29) is 0 Å². The maximum absolute atomic E-state index is 5.38. The van der Waals surface area contributed by atoms with E-state index in [0.29, 0.717) is 0 Å². The van der Waals surface area contributed by atoms with Gasteiger partial charge in [0.05, 0.1) is 7.11 Å². The highest BCUT2D eigenvalue weighted by Gasteiger charge is 2.02. The van der Waals surface area contributed by atoms with Crippen LogP contribution in [0.25, 0.3) is 0 Å². The van der Waals surface area contributed by atoms with Gasteiger partial charge in [0.15, 0.2) is 5.96 Å². The summed E-state index contributed by atoms with van der Waals surface area (Å²) >= 11 is 1.89. The third-order valence-corrected chi connectivity index (χ3v) is 3.95. The normalized spacial score (nSPS) is 11.3. The fourth-order valence-corrected chi connectivity index (χ4v) is 2.61. The molecule has 4 nitrogen and oxygen atoms in total. The first kappa shape index (κ1) is 18.7. The van der Waals surface area contributed by atoms with Gasteiger partial charge in [-0.1, -0.05) is 18.2 Å². The van der Waals surface area contributed by atoms with Crippen molar-refractivity contribution in [1.82, 2.24) is 10.6 Å². The summed E-state index contributed by atoms with van der Waals surface area (Å²) in [5.74, 6) is 3.07. The molecule has 0 fully saturated rings. The van der Waals surface area contributed by atoms with Crippen molar-refractivity contribution in [2.75, 3.05) is 38.8 Å². The number of methoxy groups -OCH3 is 1. The minimum absolute atomic E-state index is 0.844. The molecule has 0 amide bonds. The zero-order chi connectivity index (χ0) is 16.0. The Kier molecular flexibility index (Phi) is 10.4. The van der Waals surface area contributed by atoms with Crippen molar-refractivity contribution in [1.29, 1.82) is 0 Å². The van der Waals surface area contributed by atoms with Gasteiger partial charge in [-0.05, 0) is 49.8 Å². The number of hydrogen-bond acceptors (Lipinski definition) is 3. The van der Waals surface area contributed by atoms with Gasteiger partial charge in [0.1, 0.15) is 5.75 Å². The number of para-hydroxylation sites is 1. The predicted octanol–water partition coefficient (Wildman–Crippen LogP) is 2.94. The van der Waals surface area contributed by atoms with Crippen molar-refractivity contribution < 1.29 is 4.74 Å². The number of ether oxygens (including phenoxy) is 1. The van der Waals surface area contributed by atoms with Crippen molar-refractivity contribution in [2.45, 2.75) is 26.2 Å². The second kappa shape index (κ2) is 12.2. The maximum atomic E-state index is 5.38. The van der Waals surface area contributed by atoms with Crippen LogP contribution in [0.2, 0.25) is 0 Å². The molecule has 0 aliphatic heterocycles. The van der Waals surface area contributed by atoms with Crippen molar-refractivity contribution >= 4 is 17.7 Å². The zero-order valence-corrected chi connectivity index (χ0v) is 14.8. The number of hydrogen-bond donors (Lipinski definition) is 2. The van der Waals surface area contributed by atoms with Crippen molar-refractivity contribution in [3.05, 3.63) is 29.8 Å². The Hall–Kier alpha value is -1.36. The highest BCUT2D eigenvalue weighted by Crippen LogP contribution is 2.17. The van der Waals surface area contributed by atoms with Gasteiger partial charge in [-0.25, -0.2) is 0 Å². The number of benzene rings is 1. The van der Waals surface area contributed by atoms with Gasteiger partial charge in [-0.3, -0.25) is 4.99 Å². The summed E-state index contributed by atoms with van der Waals surface area (Å²) in [6.45, 7) is 4.69. The standard InChI is InChI=1S/C17H29N3OS/c1-4-18-17(19-12-7-8-14-22-3)20-13-11-15-9-5-6-10-16(15)21-2/h5-6,9-10H,4,7-8,11-14H2,1-3H3,(H2,18,19,20). The van der Waals surface area contributed by atoms with Crippen molar-refractivity contribution in [2.24, 2.45) is 4.99 Å². The van der Waals surface area contributed by atoms with E-state index in [1.807, 2.05) is 30.0 Å². The van der Waals surface area contributed by atoms with Crippen molar-refractivity contribution in [3.8, 4) is 5.75 Å². The first-order chi connectivity index (χ1) is 10.8. The molecule has 0 heterocycles. The van der Waals surface area contributed by atoms with Crippen LogP contribution >= 0.6 is 11.8 Å². The van der Waals surface area contributed by atoms with E-state index in [9.17, 15) is 0 Å². The van der Waals surface area contributed by atoms with Crippen LogP contribution in [0.4, 0.5) is 0 Å². The lowest BCUT2D eigenvalue weighted by molar-refractivity contribution is 0.409. The molecular formula is C17H29N3OS. The molecule has 0 saturated heterocycles. The zero-order valence-electron chi connectivity index (χ0n) is 14.0. The summed E-state index contributed by atoms with van der Waals surface area (Å²) in [6, 6.07) is 8.14. The average Bonchev–Trinajstić information content (AvgIpc) is 2.55. The molecule has 0 aliphatic rings. The summed E-state index contributed by atoms with van der Waals surface area (Å²) in [7, 11) is 1.71. The lowest BCUT2D eigenvalue weighted by Gasteiger charge is -2.12. The molecule has 0 spiro atoms. The minimum Gasteiger partial charge on any atom is -0.496 e. The first-order valence-corrected chi connectivity index (χ1v) is 9.34. The molecule has 5 heteroatoms. The Labute approximate surface area is 139 Å². The molecule has 124 valence electrons. The third kappa shape index (κ3) is 7.59. The lowest BCUT2D eigenvalue weighted by Crippen LogP contribution is -2.38. The Morgan fingerprint density at radius 1 is 1.23 bits per heavy atom. The highest BCUT2D eigenvalue weighted by atomic mass is 32.2. The Bertz CT molecular complexity index is 438. The molecule has 0 saturated carbocycles. The van der Waals surface area contributed by atoms with Crippen LogP contribution in [0, 0.1) is 0 Å². The van der Waals surface area contributed by atoms with E-state index in [0.717, 1.165) is 44.2 Å². The summed E-state index contributed by atoms with van der Waals surface area (Å²) in [5, 5.41) is 6.68. The molecule has 0 aromatic heterocycles. The largest absolute Gasteiger partial charge is 0.496 e. The Morgan fingerprint density at radius 2 is 2.05 bits per heavy atom. The minimum atomic E-state index is 0.844. The fraction of sp³-hybridized carbons (Fsp3) is 0.588. The van der Waals surface area contributed by atoms with Gasteiger partial charge in [0, 0.05) is 19.6 Å². The van der Waals surface area contributed by atoms with E-state index in [1.54, 1.807) is 7.11 Å². The number of thioether (sulfide) groups is 1. The average molecular weight is 324 g/mol. The quantitative estimate of drug-likeness (QED) is 0.395. The predicted molar refractivity (Wildman–Crippen MR) is 98.3 cm³/mol. The topological polar surface area (TPSA) is 45.7 Å². The number of rotatable bonds is 10. The van der Waals surface area contributed by atoms with Crippen LogP contribution < -0.4 is 15.4 Å². The van der Waals surface area contributed by atoms with Crippen molar-refractivity contribution in [3.63, 3.8) is 0 Å². The van der Waals surface area contributed by atoms with Gasteiger partial charge >= 0.3 is 0 Å². The van der Waals surface area contributed by atoms with E-state index < -0.39 is 0 Å². The van der Waals surface area contributed by atoms with E-state index >= 15 is 0 Å². The lowest BCUT2D eigenvalue weighted by atomic mass is 10.1. The Balaban J connectivity index is 2.38. The van der Waals surface area contributed by atoms with Crippen LogP contribution in [0.15, 0.2) is 29.3 Å². The number of aliphatic imine (C=N–C) groups is 1. The van der Waals surface area contributed by atoms with Crippen LogP contribution in [-0.2, 0) is 6.42 Å². The van der Waals surface area contributed by atoms with Crippen LogP contribution in [0.1, 0.15) is 25.3 Å². The summed E-state index contributed by atoms with van der Waals surface area (Å²) in [4.78, 5) is 4.61. The van der Waals surface area contributed by atoms with E-state index in [1.165, 1.54) is 17.7 Å². The number of nitrogens with zero attached hydrogens (tertiary/aromatic N) is 1. The highest BCUT2D eigenvalue weighted by molar-refractivity contribution is 7.98. The summed E-state index contributed by atoms with van der Waals surface area (Å²) < 4.78 is 5.38. The monoisotopic (exact) mass is 323 g/mol. The molecule has 2 N–H and O–H groups in total. The number of guanidine groups is 1. The molecule has 0 unspecified atom stereocenters. The molecule has 22 heavy (non-hydrogen) atoms. The van der Waals surface area contributed by atoms with Gasteiger partial charge in [-0.15, -0.1) is 0 Å². The fourth-order valence-electron chi connectivity index (χ4n) is 2.12. The maximum Gasteiger partial charge on any atom is 0.191 e. The van der Waals surface area contributed by atoms with Gasteiger partial charge in [0.25, 0.3) is 0 Å². The summed E-state index contributed by atoms with van der Waals surface area (Å²) in [5.41, 5.74) is 1.22. The van der Waals surface area contributed by atoms with Gasteiger partial charge in [-0.2, -0.15) is 11.8 Å². The third-order valence-electron chi connectivity index (χ3n) is 3.25. The molecule has 0 bridgehead atoms. The molecule has 1 rings (SSSR count). The van der Waals surface area contributed by atoms with E-state index in [4.69, 9.17) is 4.74 Å². The number of nitrogens with one attached hydrogen (secondary N) is 2. The molecule has 0 atom stereocenters. The molecular weight excluding hydrogens is 294 g/mol. The SMILES string of the molecule is CCNC(=NCCCCSC)NCCc1ccccc1OC. The van der Waals surface area contributed by atoms with Crippen LogP contribution in [0.3, 0.4) is 0 Å². The van der Waals surface area contributed by atoms with E-state index in [2.05, 4.69) is 34.9 Å². The summed E-state index contributed by atoms with van der Waals surface area (Å²) in [6.07, 6.45) is 5.43.